The molecule has 0 saturated heterocycles. The van der Waals surface area contributed by atoms with E-state index in [4.69, 9.17) is 0 Å². The molecule has 78 valence electrons. The summed E-state index contributed by atoms with van der Waals surface area (Å²) in [5.41, 5.74) is 0. The minimum atomic E-state index is -1.65. The molecule has 5 heteroatoms. The van der Waals surface area contributed by atoms with Crippen LogP contribution in [0.1, 0.15) is 0 Å². The van der Waals surface area contributed by atoms with Gasteiger partial charge in [0.1, 0.15) is 0 Å². The van der Waals surface area contributed by atoms with Crippen molar-refractivity contribution in [3.63, 3.8) is 0 Å². The Morgan fingerprint density at radius 2 is 0.909 bits per heavy atom. The van der Waals surface area contributed by atoms with E-state index in [9.17, 15) is 0 Å². The fourth-order valence-corrected chi connectivity index (χ4v) is 52.4. The van der Waals surface area contributed by atoms with Crippen LogP contribution in [0.25, 0.3) is 0 Å². The van der Waals surface area contributed by atoms with E-state index in [1.807, 2.05) is 0 Å². The van der Waals surface area contributed by atoms with Gasteiger partial charge in [-0.2, -0.15) is 0 Å². The van der Waals surface area contributed by atoms with Crippen LogP contribution >= 0.6 is 37.3 Å². The number of hydrogen-bond acceptors (Lipinski definition) is 0. The van der Waals surface area contributed by atoms with E-state index < -0.39 is 21.6 Å². The maximum absolute atomic E-state index is 4.04. The van der Waals surface area contributed by atoms with Crippen LogP contribution in [0.15, 0.2) is 0 Å². The second-order valence-corrected chi connectivity index (χ2v) is 78.6. The zero-order chi connectivity index (χ0) is 9.50. The van der Waals surface area contributed by atoms with Gasteiger partial charge in [-0.05, 0) is 0 Å². The normalized spacial score (nSPS) is 19.6. The molecule has 0 rings (SSSR count). The Morgan fingerprint density at radius 1 is 0.727 bits per heavy atom. The predicted octanol–water partition coefficient (Wildman–Crippen LogP) is 3.87. The van der Waals surface area contributed by atoms with Crippen LogP contribution in [0.3, 0.4) is 0 Å². The number of hydrogen-bond donors (Lipinski definition) is 0. The quantitative estimate of drug-likeness (QED) is 0.497. The van der Waals surface area contributed by atoms with E-state index in [1.165, 1.54) is 0 Å². The monoisotopic (exact) mass is 507 g/mol. The molecule has 0 unspecified atom stereocenters. The molecule has 0 N–H and O–H groups in total. The van der Waals surface area contributed by atoms with Crippen molar-refractivity contribution >= 4 is 37.3 Å². The van der Waals surface area contributed by atoms with Crippen molar-refractivity contribution in [2.75, 3.05) is 40.0 Å². The summed E-state index contributed by atoms with van der Waals surface area (Å²) >= 11 is 8.09. The fraction of sp³-hybridized carbons (Fsp3) is 1.00. The molecule has 0 radical (unpaired) electrons. The Kier molecular flexibility index (Phi) is 4.84. The summed E-state index contributed by atoms with van der Waals surface area (Å²) < 4.78 is 0. The first-order chi connectivity index (χ1) is 4.50. The van der Waals surface area contributed by atoms with Crippen LogP contribution in [0.4, 0.5) is 0 Å². The van der Waals surface area contributed by atoms with E-state index in [0.29, 0.717) is 0 Å². The Bertz CT molecular complexity index is 130. The van der Waals surface area contributed by atoms with Gasteiger partial charge in [-0.25, -0.2) is 0 Å². The molecule has 0 amide bonds. The predicted molar refractivity (Wildman–Crippen MR) is 70.0 cm³/mol. The number of halogens is 2. The molecule has 0 aliphatic rings. The van der Waals surface area contributed by atoms with Gasteiger partial charge in [-0.3, -0.25) is 0 Å². The van der Waals surface area contributed by atoms with Crippen LogP contribution in [-0.2, 0) is 10.9 Å². The third kappa shape index (κ3) is 3.28. The standard InChI is InChI=1S/2C3H9P.2BrH.Pt/c2*1-4(2)3;;;/h2*1-3H3;2*1H;. The van der Waals surface area contributed by atoms with E-state index in [-0.39, 0.29) is 0 Å². The van der Waals surface area contributed by atoms with Gasteiger partial charge < -0.3 is 0 Å². The SMILES string of the molecule is C[PH](C)(C)[Pt]([Br])([Br])[PH](C)(C)C. The Labute approximate surface area is 87.3 Å². The van der Waals surface area contributed by atoms with Gasteiger partial charge in [0, 0.05) is 0 Å². The molecule has 0 bridgehead atoms. The molecule has 0 nitrogen and oxygen atoms in total. The second kappa shape index (κ2) is 3.94. The molecule has 0 heterocycles. The first kappa shape index (κ1) is 13.5. The molecule has 0 aromatic carbocycles. The molecule has 0 aromatic heterocycles. The summed E-state index contributed by atoms with van der Waals surface area (Å²) in [6, 6.07) is 0. The Balaban J connectivity index is 4.75. The average Bonchev–Trinajstić information content (AvgIpc) is 1.58. The molecular formula is C6H20Br2P2Pt. The summed E-state index contributed by atoms with van der Waals surface area (Å²) in [7, 11) is -1.65. The van der Waals surface area contributed by atoms with Gasteiger partial charge in [0.25, 0.3) is 0 Å². The summed E-state index contributed by atoms with van der Waals surface area (Å²) in [4.78, 5) is 0. The van der Waals surface area contributed by atoms with Crippen molar-refractivity contribution in [2.45, 2.75) is 0 Å². The second-order valence-electron chi connectivity index (χ2n) is 4.31. The maximum atomic E-state index is 4.04. The van der Waals surface area contributed by atoms with Gasteiger partial charge >= 0.3 is 88.2 Å². The van der Waals surface area contributed by atoms with Crippen molar-refractivity contribution in [1.29, 1.82) is 0 Å². The summed E-state index contributed by atoms with van der Waals surface area (Å²) in [6.07, 6.45) is 0. The molecular weight excluding hydrogens is 489 g/mol. The van der Waals surface area contributed by atoms with Crippen molar-refractivity contribution in [3.8, 4) is 0 Å². The van der Waals surface area contributed by atoms with Gasteiger partial charge in [0.15, 0.2) is 0 Å². The van der Waals surface area contributed by atoms with Gasteiger partial charge in [-0.1, -0.05) is 0 Å². The molecule has 11 heavy (non-hydrogen) atoms. The van der Waals surface area contributed by atoms with Gasteiger partial charge in [-0.15, -0.1) is 0 Å². The van der Waals surface area contributed by atoms with E-state index in [1.54, 1.807) is 0 Å². The van der Waals surface area contributed by atoms with Crippen LogP contribution in [-0.4, -0.2) is 40.0 Å². The van der Waals surface area contributed by atoms with E-state index >= 15 is 0 Å². The topological polar surface area (TPSA) is 0 Å². The van der Waals surface area contributed by atoms with Crippen molar-refractivity contribution in [1.82, 2.24) is 0 Å². The minimum absolute atomic E-state index is 0.945. The molecule has 0 fully saturated rings. The van der Waals surface area contributed by atoms with Crippen molar-refractivity contribution in [3.05, 3.63) is 0 Å². The first-order valence-electron chi connectivity index (χ1n) is 3.56. The third-order valence-electron chi connectivity index (χ3n) is 1.19. The molecule has 0 atom stereocenters. The van der Waals surface area contributed by atoms with Crippen LogP contribution in [0.5, 0.6) is 0 Å². The summed E-state index contributed by atoms with van der Waals surface area (Å²) in [6.45, 7) is 14.9. The summed E-state index contributed by atoms with van der Waals surface area (Å²) in [5.74, 6) is 0. The van der Waals surface area contributed by atoms with Crippen LogP contribution < -0.4 is 0 Å². The number of rotatable bonds is 2. The van der Waals surface area contributed by atoms with E-state index in [2.05, 4.69) is 66.6 Å². The average molecular weight is 509 g/mol. The Morgan fingerprint density at radius 3 is 0.909 bits per heavy atom. The fourth-order valence-electron chi connectivity index (χ4n) is 0.712. The summed E-state index contributed by atoms with van der Waals surface area (Å²) in [5, 5.41) is -1.89. The zero-order valence-electron chi connectivity index (χ0n) is 8.07. The van der Waals surface area contributed by atoms with Crippen molar-refractivity contribution < 1.29 is 10.9 Å². The Hall–Kier alpha value is 2.51. The zero-order valence-corrected chi connectivity index (χ0v) is 15.5. The van der Waals surface area contributed by atoms with Gasteiger partial charge in [0.05, 0.1) is 0 Å². The molecule has 0 aliphatic carbocycles. The van der Waals surface area contributed by atoms with Crippen molar-refractivity contribution in [2.24, 2.45) is 0 Å². The van der Waals surface area contributed by atoms with Crippen LogP contribution in [0, 0.1) is 0 Å². The first-order valence-corrected chi connectivity index (χ1v) is 26.9. The molecule has 0 aromatic rings. The van der Waals surface area contributed by atoms with Crippen LogP contribution in [0.2, 0.25) is 0 Å². The molecule has 0 spiro atoms. The van der Waals surface area contributed by atoms with Gasteiger partial charge in [0.2, 0.25) is 0 Å². The van der Waals surface area contributed by atoms with E-state index in [0.717, 1.165) is 0 Å². The third-order valence-corrected chi connectivity index (χ3v) is 126. The molecule has 0 saturated carbocycles. The molecule has 0 aliphatic heterocycles.